The maximum Gasteiger partial charge on any atom is 0.254 e. The van der Waals surface area contributed by atoms with E-state index in [2.05, 4.69) is 5.32 Å². The van der Waals surface area contributed by atoms with Crippen LogP contribution in [0, 0.1) is 0 Å². The zero-order chi connectivity index (χ0) is 20.0. The molecule has 2 aromatic rings. The average Bonchev–Trinajstić information content (AvgIpc) is 2.64. The average molecular weight is 411 g/mol. The van der Waals surface area contributed by atoms with Gasteiger partial charge in [0.15, 0.2) is 11.5 Å². The molecule has 0 aromatic heterocycles. The Morgan fingerprint density at radius 1 is 1.07 bits per heavy atom. The van der Waals surface area contributed by atoms with E-state index < -0.39 is 0 Å². The molecule has 0 bridgehead atoms. The Morgan fingerprint density at radius 2 is 1.81 bits per heavy atom. The molecule has 1 N–H and O–H groups in total. The lowest BCUT2D eigenvalue weighted by atomic mass is 10.1. The Hall–Kier alpha value is -2.44. The number of halogens is 2. The monoisotopic (exact) mass is 410 g/mol. The number of rotatable bonds is 7. The van der Waals surface area contributed by atoms with Crippen molar-refractivity contribution in [3.63, 3.8) is 0 Å². The first kappa shape index (κ1) is 20.9. The normalized spacial score (nSPS) is 10.3. The first-order valence-electron chi connectivity index (χ1n) is 8.17. The lowest BCUT2D eigenvalue weighted by Gasteiger charge is -2.18. The van der Waals surface area contributed by atoms with Crippen LogP contribution in [0.5, 0.6) is 11.5 Å². The number of carbonyl (C=O) groups excluding carboxylic acids is 2. The molecule has 8 heteroatoms. The minimum Gasteiger partial charge on any atom is -0.493 e. The first-order valence-corrected chi connectivity index (χ1v) is 8.92. The van der Waals surface area contributed by atoms with Gasteiger partial charge < -0.3 is 19.7 Å². The highest BCUT2D eigenvalue weighted by Crippen LogP contribution is 2.28. The summed E-state index contributed by atoms with van der Waals surface area (Å²) in [5.41, 5.74) is 0.887. The number of methoxy groups -OCH3 is 1. The molecule has 27 heavy (non-hydrogen) atoms. The molecule has 0 radical (unpaired) electrons. The van der Waals surface area contributed by atoms with E-state index in [9.17, 15) is 9.59 Å². The first-order chi connectivity index (χ1) is 12.8. The van der Waals surface area contributed by atoms with Gasteiger partial charge >= 0.3 is 0 Å². The Labute approximate surface area is 168 Å². The fraction of sp³-hybridized carbons (Fsp3) is 0.263. The van der Waals surface area contributed by atoms with Gasteiger partial charge in [-0.3, -0.25) is 9.59 Å². The molecule has 0 atom stereocenters. The van der Waals surface area contributed by atoms with Crippen LogP contribution in [-0.2, 0) is 4.79 Å². The maximum absolute atomic E-state index is 12.6. The topological polar surface area (TPSA) is 67.9 Å². The highest BCUT2D eigenvalue weighted by Gasteiger charge is 2.17. The molecule has 0 spiro atoms. The predicted octanol–water partition coefficient (Wildman–Crippen LogP) is 4.11. The SMILES string of the molecule is CCOc1ccc(C(=O)N(C)CC(=O)Nc2ccc(Cl)c(Cl)c2)cc1OC. The predicted molar refractivity (Wildman–Crippen MR) is 106 cm³/mol. The summed E-state index contributed by atoms with van der Waals surface area (Å²) in [5, 5.41) is 3.40. The molecule has 0 unspecified atom stereocenters. The van der Waals surface area contributed by atoms with Crippen LogP contribution in [0.25, 0.3) is 0 Å². The van der Waals surface area contributed by atoms with E-state index in [-0.39, 0.29) is 18.4 Å². The van der Waals surface area contributed by atoms with Gasteiger partial charge in [-0.05, 0) is 43.3 Å². The van der Waals surface area contributed by atoms with E-state index in [0.29, 0.717) is 39.4 Å². The Kier molecular flexibility index (Phi) is 7.33. The van der Waals surface area contributed by atoms with Crippen LogP contribution in [0.2, 0.25) is 10.0 Å². The summed E-state index contributed by atoms with van der Waals surface area (Å²) in [5.74, 6) is 0.329. The van der Waals surface area contributed by atoms with Crippen LogP contribution in [0.1, 0.15) is 17.3 Å². The van der Waals surface area contributed by atoms with Crippen molar-refractivity contribution in [2.24, 2.45) is 0 Å². The van der Waals surface area contributed by atoms with Crippen LogP contribution >= 0.6 is 23.2 Å². The third-order valence-corrected chi connectivity index (χ3v) is 4.38. The molecule has 2 amide bonds. The van der Waals surface area contributed by atoms with Crippen LogP contribution in [0.4, 0.5) is 5.69 Å². The van der Waals surface area contributed by atoms with Gasteiger partial charge in [0.05, 0.1) is 30.3 Å². The molecule has 2 rings (SSSR count). The minimum absolute atomic E-state index is 0.130. The summed E-state index contributed by atoms with van der Waals surface area (Å²) >= 11 is 11.8. The molecule has 2 aromatic carbocycles. The molecule has 0 saturated carbocycles. The fourth-order valence-electron chi connectivity index (χ4n) is 2.36. The quantitative estimate of drug-likeness (QED) is 0.745. The highest BCUT2D eigenvalue weighted by atomic mass is 35.5. The van der Waals surface area contributed by atoms with Crippen LogP contribution in [0.15, 0.2) is 36.4 Å². The van der Waals surface area contributed by atoms with Gasteiger partial charge in [0, 0.05) is 18.3 Å². The Morgan fingerprint density at radius 3 is 2.44 bits per heavy atom. The molecule has 0 aliphatic rings. The minimum atomic E-state index is -0.359. The second kappa shape index (κ2) is 9.48. The van der Waals surface area contributed by atoms with E-state index in [4.69, 9.17) is 32.7 Å². The van der Waals surface area contributed by atoms with Crippen molar-refractivity contribution < 1.29 is 19.1 Å². The summed E-state index contributed by atoms with van der Waals surface area (Å²) in [6, 6.07) is 9.63. The zero-order valence-corrected chi connectivity index (χ0v) is 16.7. The molecule has 0 fully saturated rings. The zero-order valence-electron chi connectivity index (χ0n) is 15.2. The molecule has 0 aliphatic heterocycles. The van der Waals surface area contributed by atoms with Crippen molar-refractivity contribution in [3.8, 4) is 11.5 Å². The van der Waals surface area contributed by atoms with Crippen molar-refractivity contribution in [2.75, 3.05) is 32.6 Å². The number of anilines is 1. The number of nitrogens with zero attached hydrogens (tertiary/aromatic N) is 1. The van der Waals surface area contributed by atoms with Crippen LogP contribution < -0.4 is 14.8 Å². The molecule has 144 valence electrons. The van der Waals surface area contributed by atoms with E-state index in [0.717, 1.165) is 0 Å². The fourth-order valence-corrected chi connectivity index (χ4v) is 2.66. The van der Waals surface area contributed by atoms with Crippen LogP contribution in [-0.4, -0.2) is 44.0 Å². The van der Waals surface area contributed by atoms with Gasteiger partial charge in [0.25, 0.3) is 5.91 Å². The van der Waals surface area contributed by atoms with Gasteiger partial charge in [-0.2, -0.15) is 0 Å². The van der Waals surface area contributed by atoms with Crippen molar-refractivity contribution in [3.05, 3.63) is 52.0 Å². The molecule has 6 nitrogen and oxygen atoms in total. The molecule has 0 aliphatic carbocycles. The third kappa shape index (κ3) is 5.52. The standard InChI is InChI=1S/C19H20Cl2N2O4/c1-4-27-16-8-5-12(9-17(16)26-3)19(25)23(2)11-18(24)22-13-6-7-14(20)15(21)10-13/h5-10H,4,11H2,1-3H3,(H,22,24). The number of hydrogen-bond acceptors (Lipinski definition) is 4. The summed E-state index contributed by atoms with van der Waals surface area (Å²) in [6.45, 7) is 2.21. The summed E-state index contributed by atoms with van der Waals surface area (Å²) in [4.78, 5) is 26.1. The third-order valence-electron chi connectivity index (χ3n) is 3.64. The lowest BCUT2D eigenvalue weighted by molar-refractivity contribution is -0.116. The summed E-state index contributed by atoms with van der Waals surface area (Å²) in [7, 11) is 3.04. The van der Waals surface area contributed by atoms with E-state index in [1.54, 1.807) is 43.4 Å². The smallest absolute Gasteiger partial charge is 0.254 e. The van der Waals surface area contributed by atoms with Crippen molar-refractivity contribution in [2.45, 2.75) is 6.92 Å². The Balaban J connectivity index is 2.04. The molecular formula is C19H20Cl2N2O4. The number of amides is 2. The molecule has 0 saturated heterocycles. The second-order valence-electron chi connectivity index (χ2n) is 5.64. The van der Waals surface area contributed by atoms with Gasteiger partial charge in [0.2, 0.25) is 5.91 Å². The number of carbonyl (C=O) groups is 2. The number of ether oxygens (including phenoxy) is 2. The lowest BCUT2D eigenvalue weighted by Crippen LogP contribution is -2.34. The van der Waals surface area contributed by atoms with Crippen molar-refractivity contribution in [1.29, 1.82) is 0 Å². The maximum atomic E-state index is 12.6. The van der Waals surface area contributed by atoms with Crippen molar-refractivity contribution in [1.82, 2.24) is 4.90 Å². The highest BCUT2D eigenvalue weighted by molar-refractivity contribution is 6.42. The number of likely N-dealkylation sites (N-methyl/N-ethyl adjacent to an activating group) is 1. The Bertz CT molecular complexity index is 842. The number of benzene rings is 2. The van der Waals surface area contributed by atoms with Gasteiger partial charge in [-0.25, -0.2) is 0 Å². The van der Waals surface area contributed by atoms with Gasteiger partial charge in [-0.15, -0.1) is 0 Å². The van der Waals surface area contributed by atoms with E-state index in [1.165, 1.54) is 12.0 Å². The summed E-state index contributed by atoms with van der Waals surface area (Å²) < 4.78 is 10.7. The van der Waals surface area contributed by atoms with Crippen LogP contribution in [0.3, 0.4) is 0 Å². The molecular weight excluding hydrogens is 391 g/mol. The van der Waals surface area contributed by atoms with Gasteiger partial charge in [-0.1, -0.05) is 23.2 Å². The number of hydrogen-bond donors (Lipinski definition) is 1. The molecule has 0 heterocycles. The van der Waals surface area contributed by atoms with Gasteiger partial charge in [0.1, 0.15) is 0 Å². The number of nitrogens with one attached hydrogen (secondary N) is 1. The second-order valence-corrected chi connectivity index (χ2v) is 6.45. The van der Waals surface area contributed by atoms with Crippen molar-refractivity contribution >= 4 is 40.7 Å². The summed E-state index contributed by atoms with van der Waals surface area (Å²) in [6.07, 6.45) is 0. The van der Waals surface area contributed by atoms with E-state index >= 15 is 0 Å². The largest absolute Gasteiger partial charge is 0.493 e. The van der Waals surface area contributed by atoms with E-state index in [1.807, 2.05) is 6.92 Å².